The second-order valence-electron chi connectivity index (χ2n) is 7.35. The van der Waals surface area contributed by atoms with Crippen LogP contribution in [0.4, 0.5) is 5.13 Å². The summed E-state index contributed by atoms with van der Waals surface area (Å²) in [5.41, 5.74) is 1.53. The maximum Gasteiger partial charge on any atom is 0.301 e. The first-order valence-corrected chi connectivity index (χ1v) is 11.2. The molecule has 1 amide bonds. The molecule has 1 aliphatic rings. The number of anilines is 1. The van der Waals surface area contributed by atoms with E-state index in [1.165, 1.54) is 16.2 Å². The number of hydrogen-bond donors (Lipinski definition) is 1. The predicted molar refractivity (Wildman–Crippen MR) is 126 cm³/mol. The summed E-state index contributed by atoms with van der Waals surface area (Å²) >= 11 is 1.31. The minimum Gasteiger partial charge on any atom is -0.507 e. The number of nitrogens with zero attached hydrogens (tertiary/aromatic N) is 3. The largest absolute Gasteiger partial charge is 0.507 e. The van der Waals surface area contributed by atoms with Crippen LogP contribution in [-0.2, 0) is 9.59 Å². The van der Waals surface area contributed by atoms with E-state index in [9.17, 15) is 14.7 Å². The van der Waals surface area contributed by atoms with Crippen LogP contribution in [0.1, 0.15) is 24.2 Å². The molecule has 33 heavy (non-hydrogen) atoms. The van der Waals surface area contributed by atoms with E-state index in [-0.39, 0.29) is 11.3 Å². The van der Waals surface area contributed by atoms with Gasteiger partial charge in [-0.05, 0) is 43.3 Å². The van der Waals surface area contributed by atoms with Crippen molar-refractivity contribution in [3.8, 4) is 5.75 Å². The minimum atomic E-state index is -0.914. The molecule has 1 atom stereocenters. The van der Waals surface area contributed by atoms with Gasteiger partial charge >= 0.3 is 5.91 Å². The number of ketones is 1. The number of pyridine rings is 1. The molecule has 1 saturated heterocycles. The molecular formula is C25H19N3O4S. The number of hydrogen-bond acceptors (Lipinski definition) is 7. The van der Waals surface area contributed by atoms with Crippen molar-refractivity contribution < 1.29 is 19.4 Å². The molecule has 164 valence electrons. The summed E-state index contributed by atoms with van der Waals surface area (Å²) in [7, 11) is 0. The first-order valence-electron chi connectivity index (χ1n) is 10.4. The van der Waals surface area contributed by atoms with Crippen molar-refractivity contribution in [1.29, 1.82) is 0 Å². The Labute approximate surface area is 193 Å². The lowest BCUT2D eigenvalue weighted by Gasteiger charge is -2.22. The van der Waals surface area contributed by atoms with Gasteiger partial charge in [0.05, 0.1) is 28.1 Å². The fourth-order valence-corrected chi connectivity index (χ4v) is 4.86. The van der Waals surface area contributed by atoms with Gasteiger partial charge < -0.3 is 9.84 Å². The van der Waals surface area contributed by atoms with Crippen LogP contribution < -0.4 is 9.64 Å². The van der Waals surface area contributed by atoms with Gasteiger partial charge in [-0.3, -0.25) is 19.5 Å². The normalized spacial score (nSPS) is 17.6. The maximum absolute atomic E-state index is 13.2. The lowest BCUT2D eigenvalue weighted by molar-refractivity contribution is -0.132. The topological polar surface area (TPSA) is 92.6 Å². The first kappa shape index (κ1) is 20.8. The van der Waals surface area contributed by atoms with E-state index in [2.05, 4.69) is 9.97 Å². The van der Waals surface area contributed by atoms with Gasteiger partial charge in [0, 0.05) is 11.8 Å². The van der Waals surface area contributed by atoms with Crippen LogP contribution >= 0.6 is 11.3 Å². The number of aliphatic hydroxyl groups excluding tert-OH is 1. The zero-order valence-corrected chi connectivity index (χ0v) is 18.5. The fourth-order valence-electron chi connectivity index (χ4n) is 3.87. The zero-order valence-electron chi connectivity index (χ0n) is 17.6. The van der Waals surface area contributed by atoms with E-state index in [1.54, 1.807) is 48.7 Å². The summed E-state index contributed by atoms with van der Waals surface area (Å²) < 4.78 is 6.41. The Bertz CT molecular complexity index is 1360. The molecule has 1 fully saturated rings. The van der Waals surface area contributed by atoms with Crippen molar-refractivity contribution in [2.45, 2.75) is 13.0 Å². The lowest BCUT2D eigenvalue weighted by atomic mass is 9.98. The number of para-hydroxylation sites is 1. The molecule has 1 unspecified atom stereocenters. The maximum atomic E-state index is 13.2. The van der Waals surface area contributed by atoms with Crippen LogP contribution in [0.2, 0.25) is 0 Å². The van der Waals surface area contributed by atoms with Crippen molar-refractivity contribution in [3.63, 3.8) is 0 Å². The number of amides is 1. The van der Waals surface area contributed by atoms with E-state index in [0.717, 1.165) is 10.2 Å². The van der Waals surface area contributed by atoms with E-state index < -0.39 is 17.7 Å². The number of aromatic nitrogens is 2. The average Bonchev–Trinajstić information content (AvgIpc) is 3.38. The SMILES string of the molecule is CCOc1cccc(/C(O)=C2\C(=O)C(=O)N(c3nc4ccccc4s3)C2c2ccccn2)c1. The standard InChI is InChI=1S/C25H19N3O4S/c1-2-32-16-9-7-8-15(14-16)22(29)20-21(18-11-5-6-13-26-18)28(24(31)23(20)30)25-27-17-10-3-4-12-19(17)33-25/h3-14,21,29H,2H2,1H3/b22-20+. The Morgan fingerprint density at radius 1 is 1.09 bits per heavy atom. The van der Waals surface area contributed by atoms with Gasteiger partial charge in [-0.2, -0.15) is 0 Å². The highest BCUT2D eigenvalue weighted by atomic mass is 32.1. The number of thiazole rings is 1. The van der Waals surface area contributed by atoms with Gasteiger partial charge in [0.2, 0.25) is 0 Å². The van der Waals surface area contributed by atoms with E-state index in [4.69, 9.17) is 4.74 Å². The van der Waals surface area contributed by atoms with Crippen LogP contribution in [0, 0.1) is 0 Å². The number of carbonyl (C=O) groups is 2. The summed E-state index contributed by atoms with van der Waals surface area (Å²) in [6, 6.07) is 18.6. The number of aliphatic hydroxyl groups is 1. The average molecular weight is 458 g/mol. The van der Waals surface area contributed by atoms with Crippen LogP contribution in [0.15, 0.2) is 78.5 Å². The van der Waals surface area contributed by atoms with Crippen molar-refractivity contribution in [2.24, 2.45) is 0 Å². The van der Waals surface area contributed by atoms with Gasteiger partial charge in [-0.25, -0.2) is 4.98 Å². The number of Topliss-reactive ketones (excluding diaryl/α,β-unsaturated/α-hetero) is 1. The van der Waals surface area contributed by atoms with Crippen molar-refractivity contribution in [3.05, 3.63) is 89.8 Å². The third kappa shape index (κ3) is 3.64. The van der Waals surface area contributed by atoms with Gasteiger partial charge in [-0.1, -0.05) is 41.7 Å². The molecule has 0 radical (unpaired) electrons. The van der Waals surface area contributed by atoms with E-state index in [0.29, 0.717) is 28.7 Å². The zero-order chi connectivity index (χ0) is 22.9. The molecule has 8 heteroatoms. The van der Waals surface area contributed by atoms with Gasteiger partial charge in [0.15, 0.2) is 5.13 Å². The number of benzene rings is 2. The van der Waals surface area contributed by atoms with Crippen LogP contribution in [0.5, 0.6) is 5.75 Å². The Hall–Kier alpha value is -4.04. The molecule has 0 saturated carbocycles. The molecule has 3 heterocycles. The highest BCUT2D eigenvalue weighted by Crippen LogP contribution is 2.43. The predicted octanol–water partition coefficient (Wildman–Crippen LogP) is 4.72. The molecule has 1 aliphatic heterocycles. The Morgan fingerprint density at radius 3 is 2.67 bits per heavy atom. The Morgan fingerprint density at radius 2 is 1.91 bits per heavy atom. The second-order valence-corrected chi connectivity index (χ2v) is 8.36. The highest BCUT2D eigenvalue weighted by Gasteiger charge is 2.48. The molecule has 7 nitrogen and oxygen atoms in total. The third-order valence-corrected chi connectivity index (χ3v) is 6.36. The monoisotopic (exact) mass is 457 g/mol. The summed E-state index contributed by atoms with van der Waals surface area (Å²) in [6.07, 6.45) is 1.59. The highest BCUT2D eigenvalue weighted by molar-refractivity contribution is 7.22. The number of fused-ring (bicyclic) bond motifs is 1. The summed E-state index contributed by atoms with van der Waals surface area (Å²) in [6.45, 7) is 2.32. The summed E-state index contributed by atoms with van der Waals surface area (Å²) in [5.74, 6) is -1.28. The Balaban J connectivity index is 1.70. The molecule has 4 aromatic rings. The molecule has 2 aromatic heterocycles. The number of ether oxygens (including phenoxy) is 1. The van der Waals surface area contributed by atoms with Crippen LogP contribution in [-0.4, -0.2) is 33.4 Å². The molecule has 5 rings (SSSR count). The van der Waals surface area contributed by atoms with Crippen molar-refractivity contribution in [2.75, 3.05) is 11.5 Å². The van der Waals surface area contributed by atoms with Crippen molar-refractivity contribution in [1.82, 2.24) is 9.97 Å². The summed E-state index contributed by atoms with van der Waals surface area (Å²) in [5, 5.41) is 11.6. The minimum absolute atomic E-state index is 0.0356. The molecule has 2 aromatic carbocycles. The van der Waals surface area contributed by atoms with Crippen LogP contribution in [0.3, 0.4) is 0 Å². The quantitative estimate of drug-likeness (QED) is 0.265. The molecule has 0 bridgehead atoms. The van der Waals surface area contributed by atoms with Gasteiger partial charge in [0.1, 0.15) is 17.6 Å². The molecule has 0 spiro atoms. The Kier molecular flexibility index (Phi) is 5.35. The van der Waals surface area contributed by atoms with Gasteiger partial charge in [-0.15, -0.1) is 0 Å². The number of carbonyl (C=O) groups excluding carboxylic acids is 2. The fraction of sp³-hybridized carbons (Fsp3) is 0.120. The third-order valence-electron chi connectivity index (χ3n) is 5.32. The molecule has 1 N–H and O–H groups in total. The molecule has 0 aliphatic carbocycles. The van der Waals surface area contributed by atoms with E-state index >= 15 is 0 Å². The number of rotatable bonds is 5. The lowest BCUT2D eigenvalue weighted by Crippen LogP contribution is -2.29. The van der Waals surface area contributed by atoms with E-state index in [1.807, 2.05) is 31.2 Å². The first-order chi connectivity index (χ1) is 16.1. The summed E-state index contributed by atoms with van der Waals surface area (Å²) in [4.78, 5) is 36.7. The smallest absolute Gasteiger partial charge is 0.301 e. The van der Waals surface area contributed by atoms with Crippen molar-refractivity contribution >= 4 is 44.1 Å². The van der Waals surface area contributed by atoms with Crippen LogP contribution in [0.25, 0.3) is 16.0 Å². The van der Waals surface area contributed by atoms with Gasteiger partial charge in [0.25, 0.3) is 5.78 Å². The molecular weight excluding hydrogens is 438 g/mol. The second kappa shape index (κ2) is 8.48.